The van der Waals surface area contributed by atoms with Gasteiger partial charge in [-0.05, 0) is 36.3 Å². The summed E-state index contributed by atoms with van der Waals surface area (Å²) >= 11 is 3.49. The molecule has 2 unspecified atom stereocenters. The van der Waals surface area contributed by atoms with Gasteiger partial charge in [-0.2, -0.15) is 0 Å². The molecule has 0 bridgehead atoms. The van der Waals surface area contributed by atoms with Crippen molar-refractivity contribution in [3.8, 4) is 5.75 Å². The van der Waals surface area contributed by atoms with E-state index >= 15 is 0 Å². The maximum absolute atomic E-state index is 5.93. The van der Waals surface area contributed by atoms with Gasteiger partial charge in [0.2, 0.25) is 0 Å². The van der Waals surface area contributed by atoms with E-state index in [-0.39, 0.29) is 6.10 Å². The van der Waals surface area contributed by atoms with E-state index in [2.05, 4.69) is 46.3 Å². The first kappa shape index (κ1) is 9.22. The number of benzene rings is 1. The van der Waals surface area contributed by atoms with Gasteiger partial charge in [-0.3, -0.25) is 0 Å². The molecule has 0 amide bonds. The van der Waals surface area contributed by atoms with Crippen molar-refractivity contribution < 1.29 is 4.74 Å². The summed E-state index contributed by atoms with van der Waals surface area (Å²) in [4.78, 5) is 0. The van der Waals surface area contributed by atoms with E-state index in [1.54, 1.807) is 0 Å². The van der Waals surface area contributed by atoms with Crippen molar-refractivity contribution in [1.82, 2.24) is 0 Å². The zero-order valence-electron chi connectivity index (χ0n) is 8.19. The predicted octanol–water partition coefficient (Wildman–Crippen LogP) is 3.49. The maximum atomic E-state index is 5.93. The van der Waals surface area contributed by atoms with E-state index < -0.39 is 0 Å². The highest BCUT2D eigenvalue weighted by atomic mass is 79.9. The Morgan fingerprint density at radius 1 is 1.20 bits per heavy atom. The molecule has 0 radical (unpaired) electrons. The average molecular weight is 263 g/mol. The molecule has 0 N–H and O–H groups in total. The third-order valence-corrected chi connectivity index (χ3v) is 3.43. The van der Waals surface area contributed by atoms with Gasteiger partial charge < -0.3 is 4.74 Å². The highest BCUT2D eigenvalue weighted by Crippen LogP contribution is 2.34. The van der Waals surface area contributed by atoms with Gasteiger partial charge in [-0.25, -0.2) is 0 Å². The summed E-state index contributed by atoms with van der Waals surface area (Å²) in [5.41, 5.74) is 1.30. The van der Waals surface area contributed by atoms with Crippen LogP contribution in [0.25, 0.3) is 0 Å². The van der Waals surface area contributed by atoms with E-state index in [1.807, 2.05) is 12.1 Å². The minimum absolute atomic E-state index is 0.226. The Morgan fingerprint density at radius 3 is 3.00 bits per heavy atom. The Labute approximate surface area is 97.6 Å². The van der Waals surface area contributed by atoms with Crippen LogP contribution in [0, 0.1) is 5.92 Å². The Balaban J connectivity index is 2.00. The Bertz CT molecular complexity index is 448. The van der Waals surface area contributed by atoms with Crippen LogP contribution in [0.5, 0.6) is 5.75 Å². The van der Waals surface area contributed by atoms with E-state index in [4.69, 9.17) is 4.74 Å². The lowest BCUT2D eigenvalue weighted by Crippen LogP contribution is -2.31. The zero-order chi connectivity index (χ0) is 10.3. The second-order valence-electron chi connectivity index (χ2n) is 3.97. The average Bonchev–Trinajstić information content (AvgIpc) is 2.26. The molecule has 0 spiro atoms. The van der Waals surface area contributed by atoms with Crippen LogP contribution in [0.2, 0.25) is 0 Å². The molecule has 1 heterocycles. The quantitative estimate of drug-likeness (QED) is 0.696. The van der Waals surface area contributed by atoms with Gasteiger partial charge in [0.25, 0.3) is 0 Å². The number of ether oxygens (including phenoxy) is 1. The van der Waals surface area contributed by atoms with E-state index in [0.717, 1.165) is 16.6 Å². The van der Waals surface area contributed by atoms with E-state index in [9.17, 15) is 0 Å². The standard InChI is InChI=1S/C13H11BrO/c14-11-5-6-13-10(8-11)7-9-3-1-2-4-12(9)15-13/h1-6,8-9,12H,7H2. The molecular weight excluding hydrogens is 252 g/mol. The number of hydrogen-bond acceptors (Lipinski definition) is 1. The van der Waals surface area contributed by atoms with Crippen LogP contribution in [0.3, 0.4) is 0 Å². The SMILES string of the molecule is Brc1ccc2c(c1)CC1C=CC=CC1O2. The molecule has 0 saturated carbocycles. The number of fused-ring (bicyclic) bond motifs is 2. The number of allylic oxidation sites excluding steroid dienone is 2. The van der Waals surface area contributed by atoms with Gasteiger partial charge in [0.15, 0.2) is 0 Å². The summed E-state index contributed by atoms with van der Waals surface area (Å²) in [6.45, 7) is 0. The molecule has 76 valence electrons. The summed E-state index contributed by atoms with van der Waals surface area (Å²) in [6.07, 6.45) is 9.83. The van der Waals surface area contributed by atoms with Crippen molar-refractivity contribution in [2.24, 2.45) is 5.92 Å². The molecule has 0 saturated heterocycles. The lowest BCUT2D eigenvalue weighted by atomic mass is 9.88. The van der Waals surface area contributed by atoms with Crippen molar-refractivity contribution in [2.75, 3.05) is 0 Å². The summed E-state index contributed by atoms with van der Waals surface area (Å²) in [5, 5.41) is 0. The van der Waals surface area contributed by atoms with Crippen molar-refractivity contribution >= 4 is 15.9 Å². The van der Waals surface area contributed by atoms with Gasteiger partial charge in [0, 0.05) is 10.4 Å². The van der Waals surface area contributed by atoms with Crippen LogP contribution >= 0.6 is 15.9 Å². The van der Waals surface area contributed by atoms with Crippen LogP contribution in [-0.4, -0.2) is 6.10 Å². The van der Waals surface area contributed by atoms with Gasteiger partial charge in [0.1, 0.15) is 11.9 Å². The fourth-order valence-corrected chi connectivity index (χ4v) is 2.58. The molecule has 2 atom stereocenters. The van der Waals surface area contributed by atoms with Gasteiger partial charge in [-0.1, -0.05) is 34.2 Å². The molecule has 1 aromatic carbocycles. The molecule has 1 aliphatic heterocycles. The van der Waals surface area contributed by atoms with Crippen molar-refractivity contribution in [2.45, 2.75) is 12.5 Å². The van der Waals surface area contributed by atoms with Gasteiger partial charge in [0.05, 0.1) is 0 Å². The highest BCUT2D eigenvalue weighted by molar-refractivity contribution is 9.10. The summed E-state index contributed by atoms with van der Waals surface area (Å²) in [6, 6.07) is 6.22. The molecule has 15 heavy (non-hydrogen) atoms. The van der Waals surface area contributed by atoms with Gasteiger partial charge >= 0.3 is 0 Å². The molecule has 0 aromatic heterocycles. The van der Waals surface area contributed by atoms with Crippen LogP contribution in [0.1, 0.15) is 5.56 Å². The second-order valence-corrected chi connectivity index (χ2v) is 4.89. The Kier molecular flexibility index (Phi) is 2.17. The summed E-state index contributed by atoms with van der Waals surface area (Å²) in [5.74, 6) is 1.52. The fraction of sp³-hybridized carbons (Fsp3) is 0.231. The first-order chi connectivity index (χ1) is 7.33. The predicted molar refractivity (Wildman–Crippen MR) is 64.0 cm³/mol. The van der Waals surface area contributed by atoms with Crippen molar-refractivity contribution in [1.29, 1.82) is 0 Å². The number of rotatable bonds is 0. The zero-order valence-corrected chi connectivity index (χ0v) is 9.78. The Hall–Kier alpha value is -1.02. The molecule has 2 aliphatic rings. The number of hydrogen-bond donors (Lipinski definition) is 0. The van der Waals surface area contributed by atoms with Crippen LogP contribution < -0.4 is 4.74 Å². The molecule has 0 fully saturated rings. The topological polar surface area (TPSA) is 9.23 Å². The van der Waals surface area contributed by atoms with Crippen molar-refractivity contribution in [3.63, 3.8) is 0 Å². The third-order valence-electron chi connectivity index (χ3n) is 2.93. The smallest absolute Gasteiger partial charge is 0.124 e. The fourth-order valence-electron chi connectivity index (χ4n) is 2.17. The Morgan fingerprint density at radius 2 is 2.07 bits per heavy atom. The van der Waals surface area contributed by atoms with Crippen LogP contribution in [0.15, 0.2) is 47.0 Å². The van der Waals surface area contributed by atoms with E-state index in [0.29, 0.717) is 5.92 Å². The molecule has 1 nitrogen and oxygen atoms in total. The lowest BCUT2D eigenvalue weighted by Gasteiger charge is -2.31. The minimum atomic E-state index is 0.226. The molecule has 2 heteroatoms. The normalized spacial score (nSPS) is 26.7. The molecule has 1 aromatic rings. The highest BCUT2D eigenvalue weighted by Gasteiger charge is 2.27. The molecule has 1 aliphatic carbocycles. The monoisotopic (exact) mass is 262 g/mol. The summed E-state index contributed by atoms with van der Waals surface area (Å²) in [7, 11) is 0. The third kappa shape index (κ3) is 1.63. The molecular formula is C13H11BrO. The minimum Gasteiger partial charge on any atom is -0.485 e. The van der Waals surface area contributed by atoms with Gasteiger partial charge in [-0.15, -0.1) is 0 Å². The summed E-state index contributed by atoms with van der Waals surface area (Å²) < 4.78 is 7.06. The van der Waals surface area contributed by atoms with Crippen LogP contribution in [0.4, 0.5) is 0 Å². The molecule has 3 rings (SSSR count). The first-order valence-corrected chi connectivity index (χ1v) is 5.92. The second kappa shape index (κ2) is 3.53. The van der Waals surface area contributed by atoms with E-state index in [1.165, 1.54) is 5.56 Å². The lowest BCUT2D eigenvalue weighted by molar-refractivity contribution is 0.178. The largest absolute Gasteiger partial charge is 0.485 e. The number of halogens is 1. The van der Waals surface area contributed by atoms with Crippen molar-refractivity contribution in [3.05, 3.63) is 52.5 Å². The van der Waals surface area contributed by atoms with Crippen LogP contribution in [-0.2, 0) is 6.42 Å². The maximum Gasteiger partial charge on any atom is 0.124 e. The first-order valence-electron chi connectivity index (χ1n) is 5.13.